The van der Waals surface area contributed by atoms with E-state index in [9.17, 15) is 26.3 Å². The first kappa shape index (κ1) is 10.1. The van der Waals surface area contributed by atoms with Gasteiger partial charge in [0.05, 0.1) is 0 Å². The highest BCUT2D eigenvalue weighted by Gasteiger charge is 2.53. The Morgan fingerprint density at radius 2 is 1.18 bits per heavy atom. The topological polar surface area (TPSA) is 20.3 Å². The zero-order chi connectivity index (χ0) is 9.28. The molecule has 65 valence electrons. The molecule has 1 radical (unpaired) electrons. The lowest BCUT2D eigenvalue weighted by molar-refractivity contribution is -0.342. The second-order valence-corrected chi connectivity index (χ2v) is 1.36. The SMILES string of the molecule is O=[C]N(C(F)(F)F)C(F)(F)F. The van der Waals surface area contributed by atoms with E-state index in [2.05, 4.69) is 0 Å². The first-order valence-corrected chi connectivity index (χ1v) is 2.01. The van der Waals surface area contributed by atoms with Gasteiger partial charge in [0.25, 0.3) is 0 Å². The highest BCUT2D eigenvalue weighted by atomic mass is 19.4. The molecule has 0 spiro atoms. The molecule has 0 unspecified atom stereocenters. The van der Waals surface area contributed by atoms with E-state index in [1.165, 1.54) is 0 Å². The molecule has 0 saturated carbocycles. The predicted octanol–water partition coefficient (Wildman–Crippen LogP) is 1.40. The molecule has 11 heavy (non-hydrogen) atoms. The Labute approximate surface area is 56.4 Å². The van der Waals surface area contributed by atoms with Gasteiger partial charge in [-0.3, -0.25) is 4.79 Å². The van der Waals surface area contributed by atoms with Gasteiger partial charge >= 0.3 is 19.0 Å². The summed E-state index contributed by atoms with van der Waals surface area (Å²) in [4.78, 5) is 6.85. The van der Waals surface area contributed by atoms with E-state index in [1.807, 2.05) is 0 Å². The summed E-state index contributed by atoms with van der Waals surface area (Å²) in [7, 11) is 0. The van der Waals surface area contributed by atoms with E-state index in [0.29, 0.717) is 0 Å². The molecule has 0 atom stereocenters. The van der Waals surface area contributed by atoms with Gasteiger partial charge in [-0.1, -0.05) is 0 Å². The zero-order valence-corrected chi connectivity index (χ0v) is 4.62. The van der Waals surface area contributed by atoms with Crippen LogP contribution < -0.4 is 0 Å². The molecular formula is C3F6NO. The van der Waals surface area contributed by atoms with Gasteiger partial charge in [-0.15, -0.1) is 26.3 Å². The van der Waals surface area contributed by atoms with E-state index in [1.54, 1.807) is 0 Å². The summed E-state index contributed by atoms with van der Waals surface area (Å²) in [6.45, 7) is 0. The minimum absolute atomic E-state index is 0.285. The molecule has 1 amide bonds. The van der Waals surface area contributed by atoms with Gasteiger partial charge in [-0.25, -0.2) is 0 Å². The fourth-order valence-corrected chi connectivity index (χ4v) is 0.247. The molecule has 0 aromatic carbocycles. The van der Waals surface area contributed by atoms with Gasteiger partial charge in [-0.05, 0) is 0 Å². The molecule has 0 saturated heterocycles. The maximum atomic E-state index is 11.2. The number of amides is 1. The summed E-state index contributed by atoms with van der Waals surface area (Å²) in [5, 5.41) is 0. The number of alkyl halides is 6. The first-order valence-electron chi connectivity index (χ1n) is 2.01. The molecule has 0 aromatic heterocycles. The van der Waals surface area contributed by atoms with Crippen molar-refractivity contribution in [3.8, 4) is 0 Å². The monoisotopic (exact) mass is 180 g/mol. The number of halogens is 6. The average molecular weight is 180 g/mol. The van der Waals surface area contributed by atoms with Gasteiger partial charge in [0, 0.05) is 0 Å². The molecule has 0 heterocycles. The highest BCUT2D eigenvalue weighted by molar-refractivity contribution is 5.49. The largest absolute Gasteiger partial charge is 0.494 e. The van der Waals surface area contributed by atoms with Crippen LogP contribution >= 0.6 is 0 Å². The lowest BCUT2D eigenvalue weighted by atomic mass is 10.8. The van der Waals surface area contributed by atoms with Crippen LogP contribution in [-0.2, 0) is 4.79 Å². The quantitative estimate of drug-likeness (QED) is 0.339. The average Bonchev–Trinajstić information content (AvgIpc) is 1.56. The van der Waals surface area contributed by atoms with Crippen molar-refractivity contribution >= 4 is 6.41 Å². The number of hydrogen-bond donors (Lipinski definition) is 0. The minimum atomic E-state index is -5.76. The van der Waals surface area contributed by atoms with Crippen molar-refractivity contribution in [1.29, 1.82) is 0 Å². The van der Waals surface area contributed by atoms with Crippen LogP contribution in [0.15, 0.2) is 0 Å². The number of carbonyl (C=O) groups excluding carboxylic acids is 1. The minimum Gasteiger partial charge on any atom is -0.263 e. The summed E-state index contributed by atoms with van der Waals surface area (Å²) in [5.41, 5.74) is 0. The molecule has 0 rings (SSSR count). The van der Waals surface area contributed by atoms with E-state index in [4.69, 9.17) is 4.79 Å². The third kappa shape index (κ3) is 2.64. The van der Waals surface area contributed by atoms with E-state index < -0.39 is 17.5 Å². The maximum Gasteiger partial charge on any atom is 0.494 e. The Balaban J connectivity index is 4.56. The van der Waals surface area contributed by atoms with Crippen molar-refractivity contribution in [1.82, 2.24) is 4.90 Å². The highest BCUT2D eigenvalue weighted by Crippen LogP contribution is 2.31. The smallest absolute Gasteiger partial charge is 0.263 e. The predicted molar refractivity (Wildman–Crippen MR) is 19.6 cm³/mol. The Bertz CT molecular complexity index is 133. The number of nitrogens with zero attached hydrogens (tertiary/aromatic N) is 1. The Morgan fingerprint density at radius 1 is 0.909 bits per heavy atom. The van der Waals surface area contributed by atoms with Crippen molar-refractivity contribution in [2.45, 2.75) is 12.6 Å². The number of hydrogen-bond acceptors (Lipinski definition) is 1. The lowest BCUT2D eigenvalue weighted by Gasteiger charge is -2.20. The Morgan fingerprint density at radius 3 is 1.18 bits per heavy atom. The second-order valence-electron chi connectivity index (χ2n) is 1.36. The van der Waals surface area contributed by atoms with Crippen molar-refractivity contribution < 1.29 is 31.1 Å². The molecule has 0 aliphatic carbocycles. The van der Waals surface area contributed by atoms with Crippen molar-refractivity contribution in [2.24, 2.45) is 0 Å². The Hall–Kier alpha value is -0.950. The summed E-state index contributed by atoms with van der Waals surface area (Å²) < 4.78 is 67.0. The van der Waals surface area contributed by atoms with Gasteiger partial charge in [-0.2, -0.15) is 4.90 Å². The van der Waals surface area contributed by atoms with Crippen LogP contribution in [0.3, 0.4) is 0 Å². The molecule has 2 nitrogen and oxygen atoms in total. The van der Waals surface area contributed by atoms with Crippen molar-refractivity contribution in [3.05, 3.63) is 0 Å². The summed E-state index contributed by atoms with van der Waals surface area (Å²) in [6, 6.07) is 0. The molecule has 0 aromatic rings. The van der Waals surface area contributed by atoms with Crippen molar-refractivity contribution in [3.63, 3.8) is 0 Å². The lowest BCUT2D eigenvalue weighted by Crippen LogP contribution is -2.46. The Kier molecular flexibility index (Phi) is 2.37. The van der Waals surface area contributed by atoms with Crippen LogP contribution in [0, 0.1) is 0 Å². The molecule has 0 fully saturated rings. The van der Waals surface area contributed by atoms with Crippen molar-refractivity contribution in [2.75, 3.05) is 0 Å². The normalized spacial score (nSPS) is 12.9. The van der Waals surface area contributed by atoms with Crippen LogP contribution in [0.2, 0.25) is 0 Å². The molecule has 0 bridgehead atoms. The van der Waals surface area contributed by atoms with Gasteiger partial charge in [0.15, 0.2) is 0 Å². The molecule has 8 heteroatoms. The standard InChI is InChI=1S/C3F6NO/c4-2(5,6)10(1-11)3(7,8)9. The third-order valence-electron chi connectivity index (χ3n) is 0.598. The molecule has 0 N–H and O–H groups in total. The summed E-state index contributed by atoms with van der Waals surface area (Å²) >= 11 is 0. The van der Waals surface area contributed by atoms with Crippen LogP contribution in [0.1, 0.15) is 0 Å². The number of rotatable bonds is 1. The van der Waals surface area contributed by atoms with Crippen LogP contribution in [0.4, 0.5) is 26.3 Å². The van der Waals surface area contributed by atoms with E-state index >= 15 is 0 Å². The summed E-state index contributed by atoms with van der Waals surface area (Å²) in [5.74, 6) is 0. The van der Waals surface area contributed by atoms with Gasteiger partial charge < -0.3 is 0 Å². The van der Waals surface area contributed by atoms with Gasteiger partial charge in [0.1, 0.15) is 0 Å². The maximum absolute atomic E-state index is 11.2. The second kappa shape index (κ2) is 2.59. The van der Waals surface area contributed by atoms with Gasteiger partial charge in [0.2, 0.25) is 0 Å². The third-order valence-corrected chi connectivity index (χ3v) is 0.598. The van der Waals surface area contributed by atoms with Crippen LogP contribution in [-0.4, -0.2) is 23.9 Å². The fourth-order valence-electron chi connectivity index (χ4n) is 0.247. The fraction of sp³-hybridized carbons (Fsp3) is 0.667. The molecular weight excluding hydrogens is 180 g/mol. The van der Waals surface area contributed by atoms with Crippen LogP contribution in [0.5, 0.6) is 0 Å². The zero-order valence-electron chi connectivity index (χ0n) is 4.62. The van der Waals surface area contributed by atoms with Crippen LogP contribution in [0.25, 0.3) is 0 Å². The molecule has 0 aliphatic rings. The molecule has 0 aliphatic heterocycles. The summed E-state index contributed by atoms with van der Waals surface area (Å²) in [6.07, 6.45) is -11.8. The van der Waals surface area contributed by atoms with E-state index in [0.717, 1.165) is 0 Å². The van der Waals surface area contributed by atoms with E-state index in [-0.39, 0.29) is 6.41 Å². The first-order chi connectivity index (χ1) is 4.69.